The van der Waals surface area contributed by atoms with Gasteiger partial charge in [-0.15, -0.1) is 0 Å². The molecule has 0 unspecified atom stereocenters. The van der Waals surface area contributed by atoms with Crippen molar-refractivity contribution in [2.75, 3.05) is 5.32 Å². The third kappa shape index (κ3) is 3.82. The zero-order valence-electron chi connectivity index (χ0n) is 11.2. The van der Waals surface area contributed by atoms with E-state index >= 15 is 0 Å². The zero-order chi connectivity index (χ0) is 14.5. The molecule has 20 heavy (non-hydrogen) atoms. The number of rotatable bonds is 5. The van der Waals surface area contributed by atoms with E-state index in [4.69, 9.17) is 5.11 Å². The largest absolute Gasteiger partial charge is 0.481 e. The second kappa shape index (κ2) is 6.19. The summed E-state index contributed by atoms with van der Waals surface area (Å²) in [4.78, 5) is 10.6. The highest BCUT2D eigenvalue weighted by Gasteiger charge is 2.01. The van der Waals surface area contributed by atoms with E-state index in [0.29, 0.717) is 12.1 Å². The minimum Gasteiger partial charge on any atom is -0.481 e. The van der Waals surface area contributed by atoms with Gasteiger partial charge in [-0.05, 0) is 41.8 Å². The molecule has 0 atom stereocenters. The van der Waals surface area contributed by atoms with Crippen LogP contribution < -0.4 is 5.32 Å². The van der Waals surface area contributed by atoms with Gasteiger partial charge in [-0.3, -0.25) is 4.79 Å². The molecule has 0 amide bonds. The van der Waals surface area contributed by atoms with Crippen molar-refractivity contribution in [3.63, 3.8) is 0 Å². The first-order valence-electron chi connectivity index (χ1n) is 6.34. The molecule has 0 aromatic heterocycles. The molecule has 0 saturated carbocycles. The number of carboxylic acids is 1. The summed E-state index contributed by atoms with van der Waals surface area (Å²) in [5.41, 5.74) is 3.28. The number of anilines is 1. The lowest BCUT2D eigenvalue weighted by atomic mass is 10.1. The SMILES string of the molecule is Cc1cc(NCc2ccc(CC(=O)O)cc2)ccc1F. The maximum atomic E-state index is 13.1. The van der Waals surface area contributed by atoms with Gasteiger partial charge in [0.15, 0.2) is 0 Å². The Kier molecular flexibility index (Phi) is 4.35. The number of carboxylic acid groups (broad SMARTS) is 1. The fourth-order valence-corrected chi connectivity index (χ4v) is 1.91. The number of benzene rings is 2. The molecule has 2 aromatic carbocycles. The summed E-state index contributed by atoms with van der Waals surface area (Å²) in [6.45, 7) is 2.33. The first kappa shape index (κ1) is 14.1. The molecule has 0 heterocycles. The fourth-order valence-electron chi connectivity index (χ4n) is 1.91. The van der Waals surface area contributed by atoms with E-state index in [1.165, 1.54) is 6.07 Å². The van der Waals surface area contributed by atoms with Crippen LogP contribution in [0.25, 0.3) is 0 Å². The molecule has 0 fully saturated rings. The summed E-state index contributed by atoms with van der Waals surface area (Å²) in [7, 11) is 0. The van der Waals surface area contributed by atoms with Gasteiger partial charge in [0.25, 0.3) is 0 Å². The highest BCUT2D eigenvalue weighted by molar-refractivity contribution is 5.70. The van der Waals surface area contributed by atoms with Crippen molar-refractivity contribution >= 4 is 11.7 Å². The number of carbonyl (C=O) groups is 1. The number of aliphatic carboxylic acids is 1. The van der Waals surface area contributed by atoms with Crippen LogP contribution in [0.1, 0.15) is 16.7 Å². The molecule has 4 heteroatoms. The zero-order valence-corrected chi connectivity index (χ0v) is 11.2. The standard InChI is InChI=1S/C16H16FNO2/c1-11-8-14(6-7-15(11)17)18-10-13-4-2-12(3-5-13)9-16(19)20/h2-8,18H,9-10H2,1H3,(H,19,20). The molecular formula is C16H16FNO2. The van der Waals surface area contributed by atoms with Crippen LogP contribution in [0.5, 0.6) is 0 Å². The van der Waals surface area contributed by atoms with Gasteiger partial charge in [-0.1, -0.05) is 24.3 Å². The molecule has 3 nitrogen and oxygen atoms in total. The summed E-state index contributed by atoms with van der Waals surface area (Å²) >= 11 is 0. The second-order valence-corrected chi connectivity index (χ2v) is 4.70. The summed E-state index contributed by atoms with van der Waals surface area (Å²) in [6.07, 6.45) is 0.0326. The van der Waals surface area contributed by atoms with Crippen molar-refractivity contribution < 1.29 is 14.3 Å². The molecule has 0 spiro atoms. The number of hydrogen-bond donors (Lipinski definition) is 2. The normalized spacial score (nSPS) is 10.3. The third-order valence-electron chi connectivity index (χ3n) is 3.03. The number of aryl methyl sites for hydroxylation is 1. The van der Waals surface area contributed by atoms with Gasteiger partial charge in [-0.25, -0.2) is 4.39 Å². The molecule has 2 N–H and O–H groups in total. The summed E-state index contributed by atoms with van der Waals surface area (Å²) in [5, 5.41) is 11.9. The Morgan fingerprint density at radius 2 is 1.80 bits per heavy atom. The van der Waals surface area contributed by atoms with Crippen LogP contribution in [0.3, 0.4) is 0 Å². The molecule has 0 aliphatic carbocycles. The average molecular weight is 273 g/mol. The molecule has 0 aliphatic rings. The predicted molar refractivity (Wildman–Crippen MR) is 76.2 cm³/mol. The van der Waals surface area contributed by atoms with Crippen molar-refractivity contribution in [1.82, 2.24) is 0 Å². The Bertz CT molecular complexity index is 608. The van der Waals surface area contributed by atoms with Crippen LogP contribution in [-0.2, 0) is 17.8 Å². The smallest absolute Gasteiger partial charge is 0.307 e. The minimum absolute atomic E-state index is 0.0326. The Labute approximate surface area is 117 Å². The van der Waals surface area contributed by atoms with E-state index in [-0.39, 0.29) is 12.2 Å². The van der Waals surface area contributed by atoms with Crippen LogP contribution in [-0.4, -0.2) is 11.1 Å². The predicted octanol–water partition coefficient (Wildman–Crippen LogP) is 3.37. The Morgan fingerprint density at radius 3 is 2.40 bits per heavy atom. The maximum absolute atomic E-state index is 13.1. The molecule has 0 bridgehead atoms. The number of hydrogen-bond acceptors (Lipinski definition) is 2. The Balaban J connectivity index is 1.96. The van der Waals surface area contributed by atoms with E-state index in [1.807, 2.05) is 12.1 Å². The fraction of sp³-hybridized carbons (Fsp3) is 0.188. The first-order valence-corrected chi connectivity index (χ1v) is 6.34. The van der Waals surface area contributed by atoms with Gasteiger partial charge in [0.1, 0.15) is 5.82 Å². The van der Waals surface area contributed by atoms with Crippen molar-refractivity contribution in [2.45, 2.75) is 19.9 Å². The van der Waals surface area contributed by atoms with Gasteiger partial charge >= 0.3 is 5.97 Å². The van der Waals surface area contributed by atoms with Crippen molar-refractivity contribution in [3.05, 3.63) is 65.0 Å². The summed E-state index contributed by atoms with van der Waals surface area (Å²) in [6, 6.07) is 12.3. The Hall–Kier alpha value is -2.36. The van der Waals surface area contributed by atoms with Gasteiger partial charge in [-0.2, -0.15) is 0 Å². The molecule has 2 rings (SSSR count). The molecule has 0 radical (unpaired) electrons. The molecule has 2 aromatic rings. The van der Waals surface area contributed by atoms with E-state index < -0.39 is 5.97 Å². The summed E-state index contributed by atoms with van der Waals surface area (Å²) in [5.74, 6) is -1.05. The van der Waals surface area contributed by atoms with Gasteiger partial charge in [0.2, 0.25) is 0 Å². The first-order chi connectivity index (χ1) is 9.54. The van der Waals surface area contributed by atoms with Crippen molar-refractivity contribution in [2.24, 2.45) is 0 Å². The van der Waals surface area contributed by atoms with E-state index in [0.717, 1.165) is 16.8 Å². The monoisotopic (exact) mass is 273 g/mol. The van der Waals surface area contributed by atoms with Crippen molar-refractivity contribution in [3.8, 4) is 0 Å². The number of halogens is 1. The molecular weight excluding hydrogens is 257 g/mol. The van der Waals surface area contributed by atoms with Gasteiger partial charge in [0.05, 0.1) is 6.42 Å². The van der Waals surface area contributed by atoms with E-state index in [1.54, 1.807) is 31.2 Å². The van der Waals surface area contributed by atoms with E-state index in [9.17, 15) is 9.18 Å². The van der Waals surface area contributed by atoms with E-state index in [2.05, 4.69) is 5.32 Å². The lowest BCUT2D eigenvalue weighted by Gasteiger charge is -2.08. The topological polar surface area (TPSA) is 49.3 Å². The van der Waals surface area contributed by atoms with Gasteiger partial charge < -0.3 is 10.4 Å². The highest BCUT2D eigenvalue weighted by Crippen LogP contribution is 2.15. The van der Waals surface area contributed by atoms with Crippen LogP contribution >= 0.6 is 0 Å². The van der Waals surface area contributed by atoms with Crippen molar-refractivity contribution in [1.29, 1.82) is 0 Å². The highest BCUT2D eigenvalue weighted by atomic mass is 19.1. The minimum atomic E-state index is -0.835. The van der Waals surface area contributed by atoms with Crippen LogP contribution in [0, 0.1) is 12.7 Å². The lowest BCUT2D eigenvalue weighted by molar-refractivity contribution is -0.136. The third-order valence-corrected chi connectivity index (χ3v) is 3.03. The average Bonchev–Trinajstić information content (AvgIpc) is 2.41. The summed E-state index contributed by atoms with van der Waals surface area (Å²) < 4.78 is 13.1. The molecule has 0 saturated heterocycles. The van der Waals surface area contributed by atoms with Crippen LogP contribution in [0.4, 0.5) is 10.1 Å². The molecule has 0 aliphatic heterocycles. The van der Waals surface area contributed by atoms with Gasteiger partial charge in [0, 0.05) is 12.2 Å². The quantitative estimate of drug-likeness (QED) is 0.878. The van der Waals surface area contributed by atoms with Crippen LogP contribution in [0.2, 0.25) is 0 Å². The lowest BCUT2D eigenvalue weighted by Crippen LogP contribution is -2.02. The molecule has 104 valence electrons. The maximum Gasteiger partial charge on any atom is 0.307 e. The number of nitrogens with one attached hydrogen (secondary N) is 1. The Morgan fingerprint density at radius 1 is 1.15 bits per heavy atom. The van der Waals surface area contributed by atoms with Crippen LogP contribution in [0.15, 0.2) is 42.5 Å². The second-order valence-electron chi connectivity index (χ2n) is 4.70.